The number of unbranched alkanes of at least 4 members (excludes halogenated alkanes) is 1. The molecule has 4 nitrogen and oxygen atoms in total. The first kappa shape index (κ1) is 12.5. The van der Waals surface area contributed by atoms with Gasteiger partial charge in [0.05, 0.1) is 6.61 Å². The molecule has 88 valence electrons. The molecule has 1 N–H and O–H groups in total. The standard InChI is InChI=1S/C12H16O4/c1-3-4-5-6-15-8-10-7-11(12(13)14)16-9(10)2/h3,7H,1,4-6,8H2,2H3,(H,13,14). The van der Waals surface area contributed by atoms with E-state index in [4.69, 9.17) is 14.3 Å². The van der Waals surface area contributed by atoms with Crippen LogP contribution in [-0.2, 0) is 11.3 Å². The van der Waals surface area contributed by atoms with Gasteiger partial charge in [0.1, 0.15) is 5.76 Å². The molecule has 0 aliphatic rings. The van der Waals surface area contributed by atoms with Crippen LogP contribution in [0.25, 0.3) is 0 Å². The average molecular weight is 224 g/mol. The fraction of sp³-hybridized carbons (Fsp3) is 0.417. The van der Waals surface area contributed by atoms with Gasteiger partial charge >= 0.3 is 5.97 Å². The van der Waals surface area contributed by atoms with Crippen molar-refractivity contribution >= 4 is 5.97 Å². The molecule has 1 rings (SSSR count). The van der Waals surface area contributed by atoms with Gasteiger partial charge in [-0.3, -0.25) is 0 Å². The molecule has 0 atom stereocenters. The van der Waals surface area contributed by atoms with Gasteiger partial charge in [0.25, 0.3) is 0 Å². The summed E-state index contributed by atoms with van der Waals surface area (Å²) in [6.45, 7) is 6.38. The van der Waals surface area contributed by atoms with Crippen molar-refractivity contribution in [2.75, 3.05) is 6.61 Å². The Bertz CT molecular complexity index is 365. The van der Waals surface area contributed by atoms with Gasteiger partial charge in [-0.25, -0.2) is 4.79 Å². The lowest BCUT2D eigenvalue weighted by atomic mass is 10.2. The number of carbonyl (C=O) groups is 1. The molecule has 0 fully saturated rings. The maximum absolute atomic E-state index is 10.6. The Labute approximate surface area is 94.5 Å². The lowest BCUT2D eigenvalue weighted by Gasteiger charge is -2.01. The van der Waals surface area contributed by atoms with Crippen LogP contribution >= 0.6 is 0 Å². The van der Waals surface area contributed by atoms with E-state index in [9.17, 15) is 4.79 Å². The number of carboxylic acids is 1. The summed E-state index contributed by atoms with van der Waals surface area (Å²) in [6, 6.07) is 1.51. The number of aromatic carboxylic acids is 1. The Morgan fingerprint density at radius 3 is 3.00 bits per heavy atom. The lowest BCUT2D eigenvalue weighted by Crippen LogP contribution is -1.95. The van der Waals surface area contributed by atoms with E-state index in [1.165, 1.54) is 6.07 Å². The van der Waals surface area contributed by atoms with Crippen molar-refractivity contribution in [1.82, 2.24) is 0 Å². The first-order chi connectivity index (χ1) is 7.65. The molecule has 1 heterocycles. The summed E-state index contributed by atoms with van der Waals surface area (Å²) in [6.07, 6.45) is 3.69. The van der Waals surface area contributed by atoms with Gasteiger partial charge in [-0.15, -0.1) is 6.58 Å². The second-order valence-corrected chi connectivity index (χ2v) is 3.48. The van der Waals surface area contributed by atoms with Crippen LogP contribution in [0.3, 0.4) is 0 Å². The molecule has 0 aliphatic heterocycles. The fourth-order valence-electron chi connectivity index (χ4n) is 1.28. The molecule has 0 aliphatic carbocycles. The fourth-order valence-corrected chi connectivity index (χ4v) is 1.28. The Kier molecular flexibility index (Phi) is 4.79. The molecular formula is C12H16O4. The van der Waals surface area contributed by atoms with Crippen molar-refractivity contribution in [3.05, 3.63) is 35.8 Å². The number of carboxylic acid groups (broad SMARTS) is 1. The highest BCUT2D eigenvalue weighted by molar-refractivity contribution is 5.84. The van der Waals surface area contributed by atoms with Gasteiger partial charge in [-0.05, 0) is 25.8 Å². The van der Waals surface area contributed by atoms with Crippen molar-refractivity contribution in [2.24, 2.45) is 0 Å². The van der Waals surface area contributed by atoms with Gasteiger partial charge < -0.3 is 14.3 Å². The highest BCUT2D eigenvalue weighted by Gasteiger charge is 2.12. The van der Waals surface area contributed by atoms with Crippen molar-refractivity contribution in [2.45, 2.75) is 26.4 Å². The Hall–Kier alpha value is -1.55. The summed E-state index contributed by atoms with van der Waals surface area (Å²) in [7, 11) is 0. The Morgan fingerprint density at radius 2 is 2.44 bits per heavy atom. The quantitative estimate of drug-likeness (QED) is 0.571. The second-order valence-electron chi connectivity index (χ2n) is 3.48. The summed E-state index contributed by atoms with van der Waals surface area (Å²) < 4.78 is 10.5. The maximum Gasteiger partial charge on any atom is 0.371 e. The van der Waals surface area contributed by atoms with Crippen LogP contribution in [0.5, 0.6) is 0 Å². The van der Waals surface area contributed by atoms with Gasteiger partial charge in [0, 0.05) is 12.2 Å². The smallest absolute Gasteiger partial charge is 0.371 e. The van der Waals surface area contributed by atoms with Crippen molar-refractivity contribution in [3.63, 3.8) is 0 Å². The molecule has 0 radical (unpaired) electrons. The maximum atomic E-state index is 10.6. The molecule has 0 aromatic carbocycles. The van der Waals surface area contributed by atoms with Crippen LogP contribution in [0.15, 0.2) is 23.1 Å². The summed E-state index contributed by atoms with van der Waals surface area (Å²) >= 11 is 0. The van der Waals surface area contributed by atoms with E-state index >= 15 is 0 Å². The van der Waals surface area contributed by atoms with Crippen LogP contribution in [-0.4, -0.2) is 17.7 Å². The third kappa shape index (κ3) is 3.55. The SMILES string of the molecule is C=CCCCOCc1cc(C(=O)O)oc1C. The molecule has 4 heteroatoms. The monoisotopic (exact) mass is 224 g/mol. The average Bonchev–Trinajstić information content (AvgIpc) is 2.60. The molecule has 0 bridgehead atoms. The van der Waals surface area contributed by atoms with Crippen molar-refractivity contribution < 1.29 is 19.1 Å². The number of ether oxygens (including phenoxy) is 1. The van der Waals surface area contributed by atoms with E-state index in [0.717, 1.165) is 18.4 Å². The Balaban J connectivity index is 2.41. The number of rotatable bonds is 7. The van der Waals surface area contributed by atoms with Crippen molar-refractivity contribution in [3.8, 4) is 0 Å². The molecule has 0 saturated carbocycles. The van der Waals surface area contributed by atoms with E-state index in [0.29, 0.717) is 19.0 Å². The van der Waals surface area contributed by atoms with Gasteiger partial charge in [-0.1, -0.05) is 6.08 Å². The minimum atomic E-state index is -1.05. The van der Waals surface area contributed by atoms with E-state index in [2.05, 4.69) is 6.58 Å². The zero-order chi connectivity index (χ0) is 12.0. The summed E-state index contributed by atoms with van der Waals surface area (Å²) in [5.41, 5.74) is 0.788. The highest BCUT2D eigenvalue weighted by Crippen LogP contribution is 2.15. The van der Waals surface area contributed by atoms with Crippen molar-refractivity contribution in [1.29, 1.82) is 0 Å². The van der Waals surface area contributed by atoms with E-state index in [1.807, 2.05) is 6.08 Å². The third-order valence-electron chi connectivity index (χ3n) is 2.19. The zero-order valence-electron chi connectivity index (χ0n) is 9.36. The minimum absolute atomic E-state index is 0.0396. The summed E-state index contributed by atoms with van der Waals surface area (Å²) in [4.78, 5) is 10.6. The molecule has 1 aromatic rings. The molecule has 0 spiro atoms. The molecule has 16 heavy (non-hydrogen) atoms. The predicted octanol–water partition coefficient (Wildman–Crippen LogP) is 2.77. The highest BCUT2D eigenvalue weighted by atomic mass is 16.5. The number of hydrogen-bond donors (Lipinski definition) is 1. The van der Waals surface area contributed by atoms with Gasteiger partial charge in [0.15, 0.2) is 0 Å². The van der Waals surface area contributed by atoms with E-state index < -0.39 is 5.97 Å². The normalized spacial score (nSPS) is 10.3. The number of aryl methyl sites for hydroxylation is 1. The first-order valence-corrected chi connectivity index (χ1v) is 5.16. The molecule has 0 amide bonds. The van der Waals surface area contributed by atoms with Crippen LogP contribution in [0.2, 0.25) is 0 Å². The van der Waals surface area contributed by atoms with Gasteiger partial charge in [-0.2, -0.15) is 0 Å². The number of furan rings is 1. The van der Waals surface area contributed by atoms with Crippen LogP contribution in [0.4, 0.5) is 0 Å². The molecular weight excluding hydrogens is 208 g/mol. The second kappa shape index (κ2) is 6.12. The summed E-state index contributed by atoms with van der Waals surface area (Å²) in [5.74, 6) is -0.496. The first-order valence-electron chi connectivity index (χ1n) is 5.16. The molecule has 0 unspecified atom stereocenters. The van der Waals surface area contributed by atoms with Crippen LogP contribution < -0.4 is 0 Å². The lowest BCUT2D eigenvalue weighted by molar-refractivity contribution is 0.0661. The largest absolute Gasteiger partial charge is 0.475 e. The predicted molar refractivity (Wildman–Crippen MR) is 59.5 cm³/mol. The third-order valence-corrected chi connectivity index (χ3v) is 2.19. The molecule has 1 aromatic heterocycles. The topological polar surface area (TPSA) is 59.7 Å². The summed E-state index contributed by atoms with van der Waals surface area (Å²) in [5, 5.41) is 8.72. The van der Waals surface area contributed by atoms with E-state index in [1.54, 1.807) is 6.92 Å². The number of hydrogen-bond acceptors (Lipinski definition) is 3. The zero-order valence-corrected chi connectivity index (χ0v) is 9.36. The van der Waals surface area contributed by atoms with Gasteiger partial charge in [0.2, 0.25) is 5.76 Å². The molecule has 0 saturated heterocycles. The van der Waals surface area contributed by atoms with Crippen LogP contribution in [0, 0.1) is 6.92 Å². The number of allylic oxidation sites excluding steroid dienone is 1. The minimum Gasteiger partial charge on any atom is -0.475 e. The van der Waals surface area contributed by atoms with E-state index in [-0.39, 0.29) is 5.76 Å². The Morgan fingerprint density at radius 1 is 1.69 bits per heavy atom. The van der Waals surface area contributed by atoms with Crippen LogP contribution in [0.1, 0.15) is 34.7 Å².